The number of nitrogens with zero attached hydrogens (tertiary/aromatic N) is 2. The molecule has 0 bridgehead atoms. The number of rotatable bonds is 5. The van der Waals surface area contributed by atoms with Gasteiger partial charge in [0.2, 0.25) is 5.91 Å². The minimum absolute atomic E-state index is 0.0416. The molecule has 0 aromatic heterocycles. The van der Waals surface area contributed by atoms with Gasteiger partial charge in [-0.3, -0.25) is 9.79 Å². The fourth-order valence-corrected chi connectivity index (χ4v) is 2.94. The van der Waals surface area contributed by atoms with Gasteiger partial charge in [0.25, 0.3) is 0 Å². The molecule has 1 heterocycles. The van der Waals surface area contributed by atoms with Gasteiger partial charge in [-0.1, -0.05) is 24.3 Å². The molecule has 0 saturated carbocycles. The fourth-order valence-electron chi connectivity index (χ4n) is 2.94. The summed E-state index contributed by atoms with van der Waals surface area (Å²) in [5, 5.41) is 0. The van der Waals surface area contributed by atoms with Crippen molar-refractivity contribution in [3.63, 3.8) is 0 Å². The third-order valence-corrected chi connectivity index (χ3v) is 4.36. The maximum atomic E-state index is 13.0. The highest BCUT2D eigenvalue weighted by Gasteiger charge is 2.33. The molecule has 6 heteroatoms. The summed E-state index contributed by atoms with van der Waals surface area (Å²) >= 11 is 0. The zero-order valence-corrected chi connectivity index (χ0v) is 13.9. The number of nitrogen functional groups attached to an aromatic ring is 1. The molecule has 1 saturated heterocycles. The topological polar surface area (TPSA) is 84.7 Å². The van der Waals surface area contributed by atoms with Crippen molar-refractivity contribution in [2.24, 2.45) is 10.7 Å². The van der Waals surface area contributed by atoms with E-state index < -0.39 is 0 Å². The summed E-state index contributed by atoms with van der Waals surface area (Å²) in [6.45, 7) is 0.850. The Morgan fingerprint density at radius 1 is 1.12 bits per heavy atom. The van der Waals surface area contributed by atoms with Crippen LogP contribution in [0.25, 0.3) is 0 Å². The van der Waals surface area contributed by atoms with Crippen molar-refractivity contribution < 1.29 is 9.18 Å². The minimum atomic E-state index is -0.294. The van der Waals surface area contributed by atoms with E-state index in [1.54, 1.807) is 17.0 Å². The summed E-state index contributed by atoms with van der Waals surface area (Å²) in [5.41, 5.74) is 14.4. The Labute approximate surface area is 146 Å². The van der Waals surface area contributed by atoms with Gasteiger partial charge in [-0.15, -0.1) is 0 Å². The molecule has 25 heavy (non-hydrogen) atoms. The van der Waals surface area contributed by atoms with Crippen molar-refractivity contribution >= 4 is 17.4 Å². The highest BCUT2D eigenvalue weighted by molar-refractivity contribution is 5.93. The number of nitrogens with two attached hydrogens (primary N) is 2. The van der Waals surface area contributed by atoms with E-state index in [0.717, 1.165) is 11.1 Å². The third-order valence-electron chi connectivity index (χ3n) is 4.36. The van der Waals surface area contributed by atoms with E-state index in [-0.39, 0.29) is 17.8 Å². The Kier molecular flexibility index (Phi) is 4.97. The van der Waals surface area contributed by atoms with Gasteiger partial charge in [0, 0.05) is 18.7 Å². The van der Waals surface area contributed by atoms with Crippen LogP contribution in [0.15, 0.2) is 53.5 Å². The smallest absolute Gasteiger partial charge is 0.223 e. The van der Waals surface area contributed by atoms with E-state index in [2.05, 4.69) is 4.99 Å². The zero-order valence-electron chi connectivity index (χ0n) is 13.9. The Morgan fingerprint density at radius 3 is 2.44 bits per heavy atom. The number of halogens is 1. The summed E-state index contributed by atoms with van der Waals surface area (Å²) in [6, 6.07) is 13.4. The van der Waals surface area contributed by atoms with Crippen LogP contribution in [0, 0.1) is 5.82 Å². The Morgan fingerprint density at radius 2 is 1.76 bits per heavy atom. The van der Waals surface area contributed by atoms with Crippen LogP contribution in [-0.4, -0.2) is 22.7 Å². The molecule has 1 aliphatic heterocycles. The Bertz CT molecular complexity index is 771. The number of carbonyl (C=O) groups is 1. The number of likely N-dealkylation sites (tertiary alicyclic amines) is 1. The molecule has 0 aliphatic carbocycles. The van der Waals surface area contributed by atoms with Gasteiger partial charge in [-0.2, -0.15) is 0 Å². The average molecular weight is 340 g/mol. The SMILES string of the molecule is NC(=NCc1ccc(N)cc1)C1CCC(=O)N1Cc1ccc(F)cc1. The highest BCUT2D eigenvalue weighted by atomic mass is 19.1. The van der Waals surface area contributed by atoms with Crippen LogP contribution < -0.4 is 11.5 Å². The van der Waals surface area contributed by atoms with Crippen LogP contribution in [0.5, 0.6) is 0 Å². The monoisotopic (exact) mass is 340 g/mol. The quantitative estimate of drug-likeness (QED) is 0.498. The van der Waals surface area contributed by atoms with Gasteiger partial charge in [0.1, 0.15) is 11.7 Å². The number of aliphatic imine (C=N–C) groups is 1. The second kappa shape index (κ2) is 7.34. The number of amidine groups is 1. The molecule has 130 valence electrons. The molecule has 0 radical (unpaired) electrons. The summed E-state index contributed by atoms with van der Waals surface area (Å²) in [6.07, 6.45) is 1.10. The first-order valence-electron chi connectivity index (χ1n) is 8.21. The largest absolute Gasteiger partial charge is 0.399 e. The predicted molar refractivity (Wildman–Crippen MR) is 96.2 cm³/mol. The van der Waals surface area contributed by atoms with E-state index >= 15 is 0 Å². The Hall–Kier alpha value is -2.89. The average Bonchev–Trinajstić information content (AvgIpc) is 2.97. The molecule has 1 unspecified atom stereocenters. The fraction of sp³-hybridized carbons (Fsp3) is 0.263. The van der Waals surface area contributed by atoms with Crippen LogP contribution in [0.1, 0.15) is 24.0 Å². The van der Waals surface area contributed by atoms with Crippen molar-refractivity contribution in [1.29, 1.82) is 0 Å². The Balaban J connectivity index is 1.70. The number of amides is 1. The molecular weight excluding hydrogens is 319 g/mol. The molecular formula is C19H21FN4O. The first kappa shape index (κ1) is 17.0. The molecule has 2 aromatic rings. The molecule has 1 amide bonds. The zero-order chi connectivity index (χ0) is 17.8. The van der Waals surface area contributed by atoms with Crippen molar-refractivity contribution in [3.05, 3.63) is 65.5 Å². The second-order valence-corrected chi connectivity index (χ2v) is 6.19. The van der Waals surface area contributed by atoms with Gasteiger partial charge in [0.05, 0.1) is 12.6 Å². The molecule has 1 aliphatic rings. The molecule has 2 aromatic carbocycles. The first-order valence-corrected chi connectivity index (χ1v) is 8.21. The van der Waals surface area contributed by atoms with E-state index in [0.29, 0.717) is 37.5 Å². The van der Waals surface area contributed by atoms with Gasteiger partial charge < -0.3 is 16.4 Å². The molecule has 5 nitrogen and oxygen atoms in total. The van der Waals surface area contributed by atoms with Crippen molar-refractivity contribution in [2.45, 2.75) is 32.0 Å². The highest BCUT2D eigenvalue weighted by Crippen LogP contribution is 2.22. The van der Waals surface area contributed by atoms with Crippen molar-refractivity contribution in [2.75, 3.05) is 5.73 Å². The minimum Gasteiger partial charge on any atom is -0.399 e. The first-order chi connectivity index (χ1) is 12.0. The van der Waals surface area contributed by atoms with Crippen LogP contribution in [0.4, 0.5) is 10.1 Å². The second-order valence-electron chi connectivity index (χ2n) is 6.19. The summed E-state index contributed by atoms with van der Waals surface area (Å²) in [4.78, 5) is 18.4. The lowest BCUT2D eigenvalue weighted by molar-refractivity contribution is -0.128. The van der Waals surface area contributed by atoms with Crippen LogP contribution in [-0.2, 0) is 17.9 Å². The summed E-state index contributed by atoms with van der Waals surface area (Å²) in [5.74, 6) is 0.197. The van der Waals surface area contributed by atoms with Crippen molar-refractivity contribution in [1.82, 2.24) is 4.90 Å². The molecule has 3 rings (SSSR count). The molecule has 1 atom stereocenters. The lowest BCUT2D eigenvalue weighted by Crippen LogP contribution is -2.42. The molecule has 0 spiro atoms. The van der Waals surface area contributed by atoms with Gasteiger partial charge in [-0.25, -0.2) is 4.39 Å². The normalized spacial score (nSPS) is 18.0. The summed E-state index contributed by atoms with van der Waals surface area (Å²) < 4.78 is 13.0. The lowest BCUT2D eigenvalue weighted by atomic mass is 10.1. The van der Waals surface area contributed by atoms with Gasteiger partial charge in [0.15, 0.2) is 0 Å². The van der Waals surface area contributed by atoms with Gasteiger partial charge in [-0.05, 0) is 41.8 Å². The predicted octanol–water partition coefficient (Wildman–Crippen LogP) is 2.46. The third kappa shape index (κ3) is 4.15. The maximum absolute atomic E-state index is 13.0. The maximum Gasteiger partial charge on any atom is 0.223 e. The van der Waals surface area contributed by atoms with E-state index in [9.17, 15) is 9.18 Å². The van der Waals surface area contributed by atoms with Gasteiger partial charge >= 0.3 is 0 Å². The van der Waals surface area contributed by atoms with E-state index in [1.165, 1.54) is 12.1 Å². The van der Waals surface area contributed by atoms with E-state index in [1.807, 2.05) is 24.3 Å². The van der Waals surface area contributed by atoms with E-state index in [4.69, 9.17) is 11.5 Å². The van der Waals surface area contributed by atoms with Crippen LogP contribution in [0.3, 0.4) is 0 Å². The van der Waals surface area contributed by atoms with Crippen molar-refractivity contribution in [3.8, 4) is 0 Å². The van der Waals surface area contributed by atoms with Crippen LogP contribution >= 0.6 is 0 Å². The number of hydrogen-bond donors (Lipinski definition) is 2. The summed E-state index contributed by atoms with van der Waals surface area (Å²) in [7, 11) is 0. The number of anilines is 1. The molecule has 1 fully saturated rings. The van der Waals surface area contributed by atoms with Crippen LogP contribution in [0.2, 0.25) is 0 Å². The molecule has 4 N–H and O–H groups in total. The standard InChI is InChI=1S/C19H21FN4O/c20-15-5-1-14(2-6-15)12-24-17(9-10-18(24)25)19(22)23-11-13-3-7-16(21)8-4-13/h1-8,17H,9-12,21H2,(H2,22,23). The number of benzene rings is 2. The number of carbonyl (C=O) groups excluding carboxylic acids is 1. The lowest BCUT2D eigenvalue weighted by Gasteiger charge is -2.24. The number of hydrogen-bond acceptors (Lipinski definition) is 3.